The summed E-state index contributed by atoms with van der Waals surface area (Å²) in [4.78, 5) is 12.2. The first-order chi connectivity index (χ1) is 10.2. The van der Waals surface area contributed by atoms with E-state index in [4.69, 9.17) is 4.74 Å². The topological polar surface area (TPSA) is 67.0 Å². The van der Waals surface area contributed by atoms with Crippen LogP contribution in [0, 0.1) is 5.82 Å². The summed E-state index contributed by atoms with van der Waals surface area (Å²) >= 11 is 0. The molecule has 1 aromatic heterocycles. The summed E-state index contributed by atoms with van der Waals surface area (Å²) in [7, 11) is 0. The van der Waals surface area contributed by atoms with Crippen LogP contribution in [0.4, 0.5) is 4.39 Å². The van der Waals surface area contributed by atoms with E-state index in [1.807, 2.05) is 0 Å². The average molecular weight is 289 g/mol. The highest BCUT2D eigenvalue weighted by Gasteiger charge is 2.19. The molecule has 0 aliphatic carbocycles. The molecule has 1 amide bonds. The van der Waals surface area contributed by atoms with Crippen LogP contribution in [-0.4, -0.2) is 35.4 Å². The van der Waals surface area contributed by atoms with Crippen molar-refractivity contribution in [3.63, 3.8) is 0 Å². The zero-order valence-corrected chi connectivity index (χ0v) is 11.4. The average Bonchev–Trinajstić information content (AvgIpc) is 3.17. The molecule has 1 saturated heterocycles. The van der Waals surface area contributed by atoms with Crippen molar-refractivity contribution in [3.8, 4) is 11.3 Å². The van der Waals surface area contributed by atoms with Crippen LogP contribution in [-0.2, 0) is 4.74 Å². The van der Waals surface area contributed by atoms with E-state index >= 15 is 0 Å². The van der Waals surface area contributed by atoms with Crippen LogP contribution in [0.15, 0.2) is 30.5 Å². The molecule has 0 spiro atoms. The number of amides is 1. The largest absolute Gasteiger partial charge is 0.376 e. The highest BCUT2D eigenvalue weighted by atomic mass is 19.1. The molecule has 6 heteroatoms. The van der Waals surface area contributed by atoms with Crippen LogP contribution >= 0.6 is 0 Å². The number of rotatable bonds is 4. The van der Waals surface area contributed by atoms with E-state index < -0.39 is 0 Å². The number of ether oxygens (including phenoxy) is 1. The molecule has 0 saturated carbocycles. The van der Waals surface area contributed by atoms with Gasteiger partial charge in [-0.05, 0) is 37.1 Å². The number of H-pyrrole nitrogens is 1. The molecule has 21 heavy (non-hydrogen) atoms. The molecule has 5 nitrogen and oxygen atoms in total. The number of aromatic nitrogens is 2. The van der Waals surface area contributed by atoms with Gasteiger partial charge in [0.25, 0.3) is 5.91 Å². The van der Waals surface area contributed by atoms with Crippen LogP contribution in [0.1, 0.15) is 23.2 Å². The Bertz CT molecular complexity index is 618. The fraction of sp³-hybridized carbons (Fsp3) is 0.333. The number of hydrogen-bond donors (Lipinski definition) is 2. The Morgan fingerprint density at radius 3 is 2.95 bits per heavy atom. The van der Waals surface area contributed by atoms with Crippen molar-refractivity contribution in [2.24, 2.45) is 0 Å². The van der Waals surface area contributed by atoms with Gasteiger partial charge in [0.1, 0.15) is 5.82 Å². The molecule has 2 N–H and O–H groups in total. The normalized spacial score (nSPS) is 17.9. The predicted octanol–water partition coefficient (Wildman–Crippen LogP) is 2.12. The minimum atomic E-state index is -0.317. The van der Waals surface area contributed by atoms with Gasteiger partial charge in [-0.3, -0.25) is 9.89 Å². The second kappa shape index (κ2) is 6.05. The Hall–Kier alpha value is -2.21. The molecule has 110 valence electrons. The first kappa shape index (κ1) is 13.8. The van der Waals surface area contributed by atoms with Gasteiger partial charge in [0.05, 0.1) is 23.6 Å². The number of benzene rings is 1. The fourth-order valence-corrected chi connectivity index (χ4v) is 2.40. The molecule has 1 aliphatic rings. The fourth-order valence-electron chi connectivity index (χ4n) is 2.40. The van der Waals surface area contributed by atoms with Crippen molar-refractivity contribution in [3.05, 3.63) is 41.8 Å². The van der Waals surface area contributed by atoms with E-state index in [1.165, 1.54) is 18.3 Å². The van der Waals surface area contributed by atoms with Gasteiger partial charge in [0.15, 0.2) is 0 Å². The van der Waals surface area contributed by atoms with E-state index in [0.717, 1.165) is 25.0 Å². The maximum Gasteiger partial charge on any atom is 0.255 e. The summed E-state index contributed by atoms with van der Waals surface area (Å²) < 4.78 is 18.4. The second-order valence-electron chi connectivity index (χ2n) is 5.01. The van der Waals surface area contributed by atoms with Gasteiger partial charge in [-0.1, -0.05) is 0 Å². The number of aromatic amines is 1. The van der Waals surface area contributed by atoms with Gasteiger partial charge in [0.2, 0.25) is 0 Å². The number of nitrogens with one attached hydrogen (secondary N) is 2. The lowest BCUT2D eigenvalue weighted by Crippen LogP contribution is -2.31. The van der Waals surface area contributed by atoms with Gasteiger partial charge in [-0.2, -0.15) is 5.10 Å². The molecule has 0 radical (unpaired) electrons. The molecule has 0 bridgehead atoms. The number of carbonyl (C=O) groups is 1. The third-order valence-corrected chi connectivity index (χ3v) is 3.53. The lowest BCUT2D eigenvalue weighted by Gasteiger charge is -2.10. The third kappa shape index (κ3) is 3.11. The van der Waals surface area contributed by atoms with E-state index in [2.05, 4.69) is 15.5 Å². The number of nitrogens with zero attached hydrogens (tertiary/aromatic N) is 1. The van der Waals surface area contributed by atoms with Crippen LogP contribution in [0.2, 0.25) is 0 Å². The van der Waals surface area contributed by atoms with E-state index in [9.17, 15) is 9.18 Å². The van der Waals surface area contributed by atoms with Crippen molar-refractivity contribution in [2.45, 2.75) is 18.9 Å². The minimum Gasteiger partial charge on any atom is -0.376 e. The number of carbonyl (C=O) groups excluding carboxylic acids is 1. The molecule has 2 aromatic rings. The SMILES string of the molecule is O=C(NC[C@H]1CCCO1)c1cn[nH]c1-c1ccc(F)cc1. The minimum absolute atomic E-state index is 0.0927. The summed E-state index contributed by atoms with van der Waals surface area (Å²) in [6, 6.07) is 5.92. The van der Waals surface area contributed by atoms with Gasteiger partial charge in [-0.25, -0.2) is 4.39 Å². The van der Waals surface area contributed by atoms with Gasteiger partial charge < -0.3 is 10.1 Å². The summed E-state index contributed by atoms with van der Waals surface area (Å²) in [6.45, 7) is 1.25. The van der Waals surface area contributed by atoms with Gasteiger partial charge in [0, 0.05) is 18.7 Å². The molecular weight excluding hydrogens is 273 g/mol. The van der Waals surface area contributed by atoms with Crippen LogP contribution in [0.5, 0.6) is 0 Å². The van der Waals surface area contributed by atoms with E-state index in [0.29, 0.717) is 17.8 Å². The monoisotopic (exact) mass is 289 g/mol. The first-order valence-electron chi connectivity index (χ1n) is 6.93. The molecule has 3 rings (SSSR count). The highest BCUT2D eigenvalue weighted by Crippen LogP contribution is 2.21. The molecular formula is C15H16FN3O2. The first-order valence-corrected chi connectivity index (χ1v) is 6.93. The number of halogens is 1. The lowest BCUT2D eigenvalue weighted by molar-refractivity contribution is 0.0858. The Kier molecular flexibility index (Phi) is 3.96. The second-order valence-corrected chi connectivity index (χ2v) is 5.01. The lowest BCUT2D eigenvalue weighted by atomic mass is 10.1. The Morgan fingerprint density at radius 1 is 1.43 bits per heavy atom. The smallest absolute Gasteiger partial charge is 0.255 e. The summed E-state index contributed by atoms with van der Waals surface area (Å²) in [5.74, 6) is -0.527. The molecule has 1 atom stereocenters. The quantitative estimate of drug-likeness (QED) is 0.906. The Morgan fingerprint density at radius 2 is 2.24 bits per heavy atom. The van der Waals surface area contributed by atoms with Gasteiger partial charge in [-0.15, -0.1) is 0 Å². The van der Waals surface area contributed by atoms with E-state index in [-0.39, 0.29) is 17.8 Å². The van der Waals surface area contributed by atoms with Crippen molar-refractivity contribution >= 4 is 5.91 Å². The standard InChI is InChI=1S/C15H16FN3O2/c16-11-5-3-10(4-6-11)14-13(9-18-19-14)15(20)17-8-12-2-1-7-21-12/h3-6,9,12H,1-2,7-8H2,(H,17,20)(H,18,19)/t12-/m1/s1. The van der Waals surface area contributed by atoms with Crippen LogP contribution < -0.4 is 5.32 Å². The molecule has 1 aromatic carbocycles. The van der Waals surface area contributed by atoms with Crippen molar-refractivity contribution in [1.82, 2.24) is 15.5 Å². The van der Waals surface area contributed by atoms with E-state index in [1.54, 1.807) is 12.1 Å². The summed E-state index contributed by atoms with van der Waals surface area (Å²) in [6.07, 6.45) is 3.57. The van der Waals surface area contributed by atoms with Crippen LogP contribution in [0.3, 0.4) is 0 Å². The van der Waals surface area contributed by atoms with Crippen molar-refractivity contribution in [1.29, 1.82) is 0 Å². The third-order valence-electron chi connectivity index (χ3n) is 3.53. The summed E-state index contributed by atoms with van der Waals surface area (Å²) in [5.41, 5.74) is 1.75. The molecule has 2 heterocycles. The molecule has 0 unspecified atom stereocenters. The number of hydrogen-bond acceptors (Lipinski definition) is 3. The Balaban J connectivity index is 1.72. The zero-order chi connectivity index (χ0) is 14.7. The molecule has 1 aliphatic heterocycles. The summed E-state index contributed by atoms with van der Waals surface area (Å²) in [5, 5.41) is 9.55. The maximum atomic E-state index is 13.0. The van der Waals surface area contributed by atoms with Crippen molar-refractivity contribution < 1.29 is 13.9 Å². The maximum absolute atomic E-state index is 13.0. The highest BCUT2D eigenvalue weighted by molar-refractivity contribution is 5.99. The van der Waals surface area contributed by atoms with Gasteiger partial charge >= 0.3 is 0 Å². The predicted molar refractivity (Wildman–Crippen MR) is 75.3 cm³/mol. The zero-order valence-electron chi connectivity index (χ0n) is 11.4. The Labute approximate surface area is 121 Å². The van der Waals surface area contributed by atoms with Crippen LogP contribution in [0.25, 0.3) is 11.3 Å². The molecule has 1 fully saturated rings. The van der Waals surface area contributed by atoms with Crippen molar-refractivity contribution in [2.75, 3.05) is 13.2 Å².